The molecule has 1 heterocycles. The van der Waals surface area contributed by atoms with E-state index in [4.69, 9.17) is 14.2 Å². The maximum atomic E-state index is 12.2. The van der Waals surface area contributed by atoms with E-state index in [1.165, 1.54) is 6.92 Å². The van der Waals surface area contributed by atoms with Gasteiger partial charge in [-0.3, -0.25) is 9.59 Å². The van der Waals surface area contributed by atoms with Gasteiger partial charge in [-0.2, -0.15) is 0 Å². The van der Waals surface area contributed by atoms with Crippen LogP contribution in [0.4, 0.5) is 0 Å². The molecular weight excluding hydrogens is 472 g/mol. The van der Waals surface area contributed by atoms with Crippen molar-refractivity contribution in [1.82, 2.24) is 0 Å². The van der Waals surface area contributed by atoms with Crippen molar-refractivity contribution in [3.05, 3.63) is 107 Å². The van der Waals surface area contributed by atoms with Gasteiger partial charge in [0.2, 0.25) is 0 Å². The summed E-state index contributed by atoms with van der Waals surface area (Å²) < 4.78 is 18.2. The van der Waals surface area contributed by atoms with Crippen molar-refractivity contribution in [1.29, 1.82) is 0 Å². The Morgan fingerprint density at radius 3 is 2.28 bits per heavy atom. The Balaban J connectivity index is 1.61. The Hall–Kier alpha value is -3.19. The molecule has 0 aliphatic carbocycles. The maximum absolute atomic E-state index is 12.2. The van der Waals surface area contributed by atoms with Crippen LogP contribution in [0, 0.1) is 6.92 Å². The van der Waals surface area contributed by atoms with Crippen molar-refractivity contribution >= 4 is 30.1 Å². The Bertz CT molecular complexity index is 1190. The Morgan fingerprint density at radius 1 is 0.972 bits per heavy atom. The topological polar surface area (TPSA) is 61.8 Å². The molecule has 0 radical (unpaired) electrons. The van der Waals surface area contributed by atoms with E-state index in [1.807, 2.05) is 73.7 Å². The number of ether oxygens (including phenoxy) is 3. The summed E-state index contributed by atoms with van der Waals surface area (Å²) >= 11 is 1.56. The van der Waals surface area contributed by atoms with E-state index >= 15 is 0 Å². The molecule has 5 nitrogen and oxygen atoms in total. The highest BCUT2D eigenvalue weighted by molar-refractivity contribution is 8.00. The molecule has 1 aliphatic heterocycles. The summed E-state index contributed by atoms with van der Waals surface area (Å²) in [6.07, 6.45) is 1.46. The molecule has 0 spiro atoms. The molecule has 3 aromatic rings. The largest absolute Gasteiger partial charge is 0.457 e. The number of carbonyl (C=O) groups excluding carboxylic acids is 2. The van der Waals surface area contributed by atoms with E-state index in [9.17, 15) is 9.59 Å². The van der Waals surface area contributed by atoms with Gasteiger partial charge in [0, 0.05) is 17.4 Å². The number of aryl methyl sites for hydroxylation is 1. The second-order valence-corrected chi connectivity index (χ2v) is 9.94. The molecule has 1 aliphatic rings. The van der Waals surface area contributed by atoms with Crippen LogP contribution >= 0.6 is 11.8 Å². The average Bonchev–Trinajstić information content (AvgIpc) is 2.89. The number of benzene rings is 3. The molecular formula is C30H30O5S. The van der Waals surface area contributed by atoms with Crippen LogP contribution in [0.3, 0.4) is 0 Å². The average molecular weight is 503 g/mol. The zero-order chi connectivity index (χ0) is 25.3. The number of aldehydes is 1. The van der Waals surface area contributed by atoms with Crippen molar-refractivity contribution < 1.29 is 23.8 Å². The summed E-state index contributed by atoms with van der Waals surface area (Å²) in [7, 11) is 0. The number of hydrogen-bond donors (Lipinski definition) is 0. The molecule has 4 rings (SSSR count). The number of rotatable bonds is 11. The van der Waals surface area contributed by atoms with Gasteiger partial charge >= 0.3 is 5.97 Å². The molecule has 0 saturated carbocycles. The summed E-state index contributed by atoms with van der Waals surface area (Å²) in [5, 5.41) is -0.369. The SMILES string of the molecule is CC(=O)OC(COCc1ccccc1)C(OCc1ccccc1)C1Sc2ccc(C)cc2C=C1C=O. The molecule has 3 aromatic carbocycles. The first-order valence-electron chi connectivity index (χ1n) is 11.9. The zero-order valence-corrected chi connectivity index (χ0v) is 21.3. The number of fused-ring (bicyclic) bond motifs is 1. The lowest BCUT2D eigenvalue weighted by molar-refractivity contribution is -0.161. The number of esters is 1. The minimum atomic E-state index is -0.706. The first-order valence-corrected chi connectivity index (χ1v) is 12.8. The van der Waals surface area contributed by atoms with E-state index in [2.05, 4.69) is 18.2 Å². The molecule has 0 bridgehead atoms. The van der Waals surface area contributed by atoms with Gasteiger partial charge in [0.1, 0.15) is 12.4 Å². The highest BCUT2D eigenvalue weighted by atomic mass is 32.2. The van der Waals surface area contributed by atoms with Crippen LogP contribution in [0.15, 0.2) is 89.3 Å². The quantitative estimate of drug-likeness (QED) is 0.244. The van der Waals surface area contributed by atoms with E-state index < -0.39 is 18.2 Å². The lowest BCUT2D eigenvalue weighted by Crippen LogP contribution is -2.44. The highest BCUT2D eigenvalue weighted by Gasteiger charge is 2.38. The van der Waals surface area contributed by atoms with Crippen LogP contribution in [-0.4, -0.2) is 36.3 Å². The first-order chi connectivity index (χ1) is 17.5. The van der Waals surface area contributed by atoms with Crippen LogP contribution < -0.4 is 0 Å². The molecule has 0 fully saturated rings. The molecule has 0 amide bonds. The Labute approximate surface area is 216 Å². The molecule has 0 saturated heterocycles. The Kier molecular flexibility index (Phi) is 9.11. The van der Waals surface area contributed by atoms with Crippen molar-refractivity contribution in [2.24, 2.45) is 0 Å². The van der Waals surface area contributed by atoms with Crippen molar-refractivity contribution in [2.45, 2.75) is 49.4 Å². The lowest BCUT2D eigenvalue weighted by atomic mass is 10.00. The van der Waals surface area contributed by atoms with Gasteiger partial charge in [0.15, 0.2) is 6.10 Å². The third kappa shape index (κ3) is 6.94. The van der Waals surface area contributed by atoms with Crippen molar-refractivity contribution in [3.8, 4) is 0 Å². The monoisotopic (exact) mass is 502 g/mol. The number of hydrogen-bond acceptors (Lipinski definition) is 6. The number of thioether (sulfide) groups is 1. The molecule has 0 N–H and O–H groups in total. The molecule has 6 heteroatoms. The normalized spacial score (nSPS) is 16.4. The van der Waals surface area contributed by atoms with Crippen LogP contribution in [0.5, 0.6) is 0 Å². The van der Waals surface area contributed by atoms with Gasteiger partial charge in [-0.25, -0.2) is 0 Å². The van der Waals surface area contributed by atoms with Crippen molar-refractivity contribution in [3.63, 3.8) is 0 Å². The Morgan fingerprint density at radius 2 is 1.64 bits per heavy atom. The minimum Gasteiger partial charge on any atom is -0.457 e. The molecule has 0 aromatic heterocycles. The standard InChI is InChI=1S/C30H30O5S/c1-21-13-14-28-25(15-21)16-26(17-31)30(36-28)29(34-19-24-11-7-4-8-12-24)27(35-22(2)32)20-33-18-23-9-5-3-6-10-23/h3-17,27,29-30H,18-20H2,1-2H3. The van der Waals surface area contributed by atoms with Gasteiger partial charge in [-0.15, -0.1) is 11.8 Å². The number of carbonyl (C=O) groups is 2. The summed E-state index contributed by atoms with van der Waals surface area (Å²) in [4.78, 5) is 25.4. The maximum Gasteiger partial charge on any atom is 0.303 e. The molecule has 36 heavy (non-hydrogen) atoms. The van der Waals surface area contributed by atoms with E-state index in [-0.39, 0.29) is 11.9 Å². The van der Waals surface area contributed by atoms with Gasteiger partial charge in [-0.1, -0.05) is 78.4 Å². The summed E-state index contributed by atoms with van der Waals surface area (Å²) in [6, 6.07) is 25.8. The van der Waals surface area contributed by atoms with Crippen molar-refractivity contribution in [2.75, 3.05) is 6.61 Å². The van der Waals surface area contributed by atoms with E-state index in [1.54, 1.807) is 11.8 Å². The van der Waals surface area contributed by atoms with Gasteiger partial charge in [0.05, 0.1) is 25.1 Å². The van der Waals surface area contributed by atoms with Crippen LogP contribution in [0.2, 0.25) is 0 Å². The third-order valence-electron chi connectivity index (χ3n) is 5.87. The summed E-state index contributed by atoms with van der Waals surface area (Å²) in [6.45, 7) is 4.23. The predicted molar refractivity (Wildman–Crippen MR) is 142 cm³/mol. The minimum absolute atomic E-state index is 0.137. The summed E-state index contributed by atoms with van der Waals surface area (Å²) in [5.74, 6) is -0.426. The highest BCUT2D eigenvalue weighted by Crippen LogP contribution is 2.41. The second-order valence-electron chi connectivity index (χ2n) is 8.75. The van der Waals surface area contributed by atoms with Crippen LogP contribution in [-0.2, 0) is 37.0 Å². The molecule has 3 atom stereocenters. The molecule has 186 valence electrons. The molecule has 3 unspecified atom stereocenters. The first kappa shape index (κ1) is 25.9. The smallest absolute Gasteiger partial charge is 0.303 e. The second kappa shape index (κ2) is 12.7. The predicted octanol–water partition coefficient (Wildman–Crippen LogP) is 5.79. The lowest BCUT2D eigenvalue weighted by Gasteiger charge is -2.35. The van der Waals surface area contributed by atoms with Gasteiger partial charge < -0.3 is 14.2 Å². The van der Waals surface area contributed by atoms with Gasteiger partial charge in [-0.05, 0) is 35.8 Å². The fraction of sp³-hybridized carbons (Fsp3) is 0.267. The zero-order valence-electron chi connectivity index (χ0n) is 20.5. The fourth-order valence-electron chi connectivity index (χ4n) is 4.14. The van der Waals surface area contributed by atoms with E-state index in [0.29, 0.717) is 18.8 Å². The summed E-state index contributed by atoms with van der Waals surface area (Å²) in [5.41, 5.74) is 4.73. The fourth-order valence-corrected chi connectivity index (χ4v) is 5.47. The third-order valence-corrected chi connectivity index (χ3v) is 7.29. The van der Waals surface area contributed by atoms with E-state index in [0.717, 1.165) is 33.4 Å². The van der Waals surface area contributed by atoms with Gasteiger partial charge in [0.25, 0.3) is 0 Å². The van der Waals surface area contributed by atoms with Crippen LogP contribution in [0.25, 0.3) is 6.08 Å². The van der Waals surface area contributed by atoms with Crippen LogP contribution in [0.1, 0.15) is 29.2 Å².